The van der Waals surface area contributed by atoms with E-state index < -0.39 is 0 Å². The lowest BCUT2D eigenvalue weighted by atomic mass is 10.1. The van der Waals surface area contributed by atoms with E-state index in [1.807, 2.05) is 42.8 Å². The minimum Gasteiger partial charge on any atom is -0.368 e. The Hall–Kier alpha value is -3.14. The first-order valence-corrected chi connectivity index (χ1v) is 8.83. The molecular formula is C16H16N8OS. The highest BCUT2D eigenvalue weighted by Gasteiger charge is 2.13. The molecule has 9 nitrogen and oxygen atoms in total. The van der Waals surface area contributed by atoms with Crippen LogP contribution in [0.3, 0.4) is 0 Å². The van der Waals surface area contributed by atoms with Crippen LogP contribution in [-0.4, -0.2) is 34.3 Å². The molecule has 0 aliphatic heterocycles. The van der Waals surface area contributed by atoms with Crippen LogP contribution in [0.2, 0.25) is 0 Å². The molecule has 3 N–H and O–H groups in total. The van der Waals surface area contributed by atoms with Crippen molar-refractivity contribution >= 4 is 23.5 Å². The van der Waals surface area contributed by atoms with E-state index in [1.165, 1.54) is 27.9 Å². The van der Waals surface area contributed by atoms with Crippen molar-refractivity contribution in [3.63, 3.8) is 0 Å². The molecular weight excluding hydrogens is 352 g/mol. The summed E-state index contributed by atoms with van der Waals surface area (Å²) in [5, 5.41) is 11.9. The van der Waals surface area contributed by atoms with E-state index in [0.29, 0.717) is 11.4 Å². The van der Waals surface area contributed by atoms with Gasteiger partial charge in [-0.1, -0.05) is 41.6 Å². The second-order valence-electron chi connectivity index (χ2n) is 5.85. The molecule has 0 spiro atoms. The van der Waals surface area contributed by atoms with Crippen LogP contribution in [-0.2, 0) is 12.8 Å². The molecule has 0 saturated heterocycles. The normalized spacial score (nSPS) is 11.3. The number of nitrogens with one attached hydrogen (secondary N) is 1. The molecule has 0 aliphatic rings. The summed E-state index contributed by atoms with van der Waals surface area (Å²) in [4.78, 5) is 20.4. The molecule has 10 heteroatoms. The molecule has 132 valence electrons. The third-order valence-electron chi connectivity index (χ3n) is 3.89. The highest BCUT2D eigenvalue weighted by atomic mass is 32.2. The van der Waals surface area contributed by atoms with E-state index in [1.54, 1.807) is 0 Å². The number of aryl methyl sites for hydroxylation is 1. The quantitative estimate of drug-likeness (QED) is 0.522. The van der Waals surface area contributed by atoms with E-state index in [0.717, 1.165) is 16.5 Å². The predicted octanol–water partition coefficient (Wildman–Crippen LogP) is 1.40. The average molecular weight is 368 g/mol. The van der Waals surface area contributed by atoms with E-state index in [2.05, 4.69) is 25.3 Å². The van der Waals surface area contributed by atoms with Crippen LogP contribution in [0.25, 0.3) is 17.2 Å². The van der Waals surface area contributed by atoms with Gasteiger partial charge >= 0.3 is 0 Å². The van der Waals surface area contributed by atoms with Crippen molar-refractivity contribution in [3.8, 4) is 11.4 Å². The van der Waals surface area contributed by atoms with E-state index in [-0.39, 0.29) is 17.3 Å². The minimum atomic E-state index is -0.256. The summed E-state index contributed by atoms with van der Waals surface area (Å²) in [6.45, 7) is 2.04. The SMILES string of the molecule is Cc1ccc(-c2nnc(SCc3cc(=O)n4[nH]c(N)nc4n3)n2C)cc1. The molecule has 0 aliphatic carbocycles. The first-order valence-electron chi connectivity index (χ1n) is 7.84. The van der Waals surface area contributed by atoms with Gasteiger partial charge in [0, 0.05) is 24.4 Å². The molecule has 26 heavy (non-hydrogen) atoms. The lowest BCUT2D eigenvalue weighted by molar-refractivity contribution is 0.793. The maximum absolute atomic E-state index is 12.1. The van der Waals surface area contributed by atoms with Crippen molar-refractivity contribution in [2.45, 2.75) is 17.8 Å². The number of nitrogens with zero attached hydrogens (tertiary/aromatic N) is 6. The number of aromatic amines is 1. The standard InChI is InChI=1S/C16H16N8OS/c1-9-3-5-10(6-4-9)13-20-21-16(23(13)2)26-8-11-7-12(25)24-15(18-11)19-14(17)22-24/h3-7H,8H2,1-2H3,(H3,17,18,19,22). The van der Waals surface area contributed by atoms with Gasteiger partial charge in [-0.15, -0.1) is 10.2 Å². The predicted molar refractivity (Wildman–Crippen MR) is 98.8 cm³/mol. The molecule has 0 unspecified atom stereocenters. The molecule has 0 fully saturated rings. The summed E-state index contributed by atoms with van der Waals surface area (Å²) in [6.07, 6.45) is 0. The lowest BCUT2D eigenvalue weighted by Crippen LogP contribution is -2.15. The van der Waals surface area contributed by atoms with Crippen molar-refractivity contribution in [3.05, 3.63) is 51.9 Å². The monoisotopic (exact) mass is 368 g/mol. The Balaban J connectivity index is 1.57. The third-order valence-corrected chi connectivity index (χ3v) is 4.95. The number of H-pyrrole nitrogens is 1. The highest BCUT2D eigenvalue weighted by molar-refractivity contribution is 7.98. The smallest absolute Gasteiger partial charge is 0.274 e. The van der Waals surface area contributed by atoms with Crippen LogP contribution >= 0.6 is 11.8 Å². The molecule has 4 rings (SSSR count). The van der Waals surface area contributed by atoms with Crippen molar-refractivity contribution in [2.24, 2.45) is 7.05 Å². The first-order chi connectivity index (χ1) is 12.5. The van der Waals surface area contributed by atoms with Gasteiger partial charge in [-0.2, -0.15) is 9.50 Å². The zero-order valence-corrected chi connectivity index (χ0v) is 15.0. The fourth-order valence-electron chi connectivity index (χ4n) is 2.55. The molecule has 0 amide bonds. The molecule has 3 heterocycles. The average Bonchev–Trinajstić information content (AvgIpc) is 3.16. The molecule has 4 aromatic rings. The van der Waals surface area contributed by atoms with Crippen LogP contribution in [0.1, 0.15) is 11.3 Å². The second-order valence-corrected chi connectivity index (χ2v) is 6.79. The fourth-order valence-corrected chi connectivity index (χ4v) is 3.35. The first kappa shape index (κ1) is 16.3. The van der Waals surface area contributed by atoms with Gasteiger partial charge < -0.3 is 10.3 Å². The zero-order chi connectivity index (χ0) is 18.3. The topological polar surface area (TPSA) is 120 Å². The van der Waals surface area contributed by atoms with Gasteiger partial charge in [0.2, 0.25) is 5.95 Å². The number of aromatic nitrogens is 7. The van der Waals surface area contributed by atoms with Gasteiger partial charge in [0.05, 0.1) is 5.69 Å². The van der Waals surface area contributed by atoms with Crippen LogP contribution in [0.5, 0.6) is 0 Å². The highest BCUT2D eigenvalue weighted by Crippen LogP contribution is 2.24. The van der Waals surface area contributed by atoms with Crippen molar-refractivity contribution in [1.29, 1.82) is 0 Å². The van der Waals surface area contributed by atoms with Crippen LogP contribution < -0.4 is 11.3 Å². The molecule has 3 aromatic heterocycles. The van der Waals surface area contributed by atoms with Crippen LogP contribution in [0, 0.1) is 6.92 Å². The molecule has 0 atom stereocenters. The molecule has 0 bridgehead atoms. The number of hydrogen-bond donors (Lipinski definition) is 2. The van der Waals surface area contributed by atoms with Crippen molar-refractivity contribution in [1.82, 2.24) is 34.3 Å². The van der Waals surface area contributed by atoms with Gasteiger partial charge in [-0.25, -0.2) is 4.98 Å². The second kappa shape index (κ2) is 6.30. The molecule has 0 saturated carbocycles. The minimum absolute atomic E-state index is 0.149. The number of nitrogens with two attached hydrogens (primary N) is 1. The Kier molecular flexibility index (Phi) is 3.96. The van der Waals surface area contributed by atoms with E-state index in [4.69, 9.17) is 5.73 Å². The Bertz CT molecular complexity index is 1140. The van der Waals surface area contributed by atoms with Gasteiger partial charge in [0.1, 0.15) is 0 Å². The number of rotatable bonds is 4. The number of nitrogen functional groups attached to an aromatic ring is 1. The zero-order valence-electron chi connectivity index (χ0n) is 14.2. The Morgan fingerprint density at radius 3 is 2.73 bits per heavy atom. The van der Waals surface area contributed by atoms with Crippen LogP contribution in [0.15, 0.2) is 40.3 Å². The van der Waals surface area contributed by atoms with Crippen molar-refractivity contribution < 1.29 is 0 Å². The number of fused-ring (bicyclic) bond motifs is 1. The largest absolute Gasteiger partial charge is 0.368 e. The van der Waals surface area contributed by atoms with Gasteiger partial charge in [0.25, 0.3) is 11.3 Å². The Morgan fingerprint density at radius 1 is 1.19 bits per heavy atom. The third kappa shape index (κ3) is 2.94. The summed E-state index contributed by atoms with van der Waals surface area (Å²) in [5.74, 6) is 1.66. The van der Waals surface area contributed by atoms with Crippen LogP contribution in [0.4, 0.5) is 5.95 Å². The summed E-state index contributed by atoms with van der Waals surface area (Å²) in [5.41, 5.74) is 8.11. The van der Waals surface area contributed by atoms with Gasteiger partial charge in [-0.05, 0) is 6.92 Å². The summed E-state index contributed by atoms with van der Waals surface area (Å²) >= 11 is 1.45. The summed E-state index contributed by atoms with van der Waals surface area (Å²) in [6, 6.07) is 9.57. The summed E-state index contributed by atoms with van der Waals surface area (Å²) < 4.78 is 3.13. The fraction of sp³-hybridized carbons (Fsp3) is 0.188. The van der Waals surface area contributed by atoms with E-state index >= 15 is 0 Å². The van der Waals surface area contributed by atoms with Crippen molar-refractivity contribution in [2.75, 3.05) is 5.73 Å². The number of benzene rings is 1. The maximum atomic E-state index is 12.1. The lowest BCUT2D eigenvalue weighted by Gasteiger charge is -2.04. The molecule has 1 aromatic carbocycles. The van der Waals surface area contributed by atoms with Gasteiger partial charge in [-0.3, -0.25) is 9.89 Å². The Labute approximate surface area is 152 Å². The molecule has 0 radical (unpaired) electrons. The number of hydrogen-bond acceptors (Lipinski definition) is 7. The Morgan fingerprint density at radius 2 is 1.96 bits per heavy atom. The maximum Gasteiger partial charge on any atom is 0.274 e. The van der Waals surface area contributed by atoms with Gasteiger partial charge in [0.15, 0.2) is 11.0 Å². The summed E-state index contributed by atoms with van der Waals surface area (Å²) in [7, 11) is 1.91. The number of anilines is 1. The van der Waals surface area contributed by atoms with E-state index in [9.17, 15) is 4.79 Å². The number of thioether (sulfide) groups is 1.